The van der Waals surface area contributed by atoms with E-state index in [0.717, 1.165) is 0 Å². The Bertz CT molecular complexity index is 423. The van der Waals surface area contributed by atoms with Gasteiger partial charge < -0.3 is 9.47 Å². The molecule has 0 bridgehead atoms. The number of fused-ring (bicyclic) bond motifs is 1. The van der Waals surface area contributed by atoms with Gasteiger partial charge >= 0.3 is 23.9 Å². The summed E-state index contributed by atoms with van der Waals surface area (Å²) in [5.41, 5.74) is -1.18. The van der Waals surface area contributed by atoms with Crippen molar-refractivity contribution in [3.05, 3.63) is 0 Å². The summed E-state index contributed by atoms with van der Waals surface area (Å²) < 4.78 is 8.83. The number of cyclic esters (lactones) is 4. The fourth-order valence-electron chi connectivity index (χ4n) is 2.69. The largest absolute Gasteiger partial charge is 0.393 e. The predicted octanol–water partition coefficient (Wildman–Crippen LogP) is -0.444. The molecule has 2 atom stereocenters. The topological polar surface area (TPSA) is 86.7 Å². The van der Waals surface area contributed by atoms with Crippen molar-refractivity contribution in [2.45, 2.75) is 19.3 Å². The van der Waals surface area contributed by atoms with Crippen molar-refractivity contribution >= 4 is 23.9 Å². The summed E-state index contributed by atoms with van der Waals surface area (Å²) in [4.78, 5) is 45.2. The van der Waals surface area contributed by atoms with Gasteiger partial charge in [-0.1, -0.05) is 0 Å². The number of ether oxygens (including phenoxy) is 2. The number of carbonyl (C=O) groups is 4. The number of hydrogen-bond donors (Lipinski definition) is 0. The molecule has 0 aromatic heterocycles. The molecule has 0 amide bonds. The predicted molar refractivity (Wildman–Crippen MR) is 45.5 cm³/mol. The summed E-state index contributed by atoms with van der Waals surface area (Å²) in [6.45, 7) is 0. The second-order valence-corrected chi connectivity index (χ2v) is 4.46. The summed E-state index contributed by atoms with van der Waals surface area (Å²) in [6, 6.07) is 0. The fourth-order valence-corrected chi connectivity index (χ4v) is 2.69. The molecular weight excluding hydrogens is 216 g/mol. The first kappa shape index (κ1) is 9.50. The molecule has 1 aliphatic carbocycles. The first-order valence-corrected chi connectivity index (χ1v) is 5.07. The average Bonchev–Trinajstić information content (AvgIpc) is 2.55. The SMILES string of the molecule is O=C1OC(=O)C2CC3(CCC12)C(=O)OC3=O. The number of esters is 4. The lowest BCUT2D eigenvalue weighted by atomic mass is 9.64. The summed E-state index contributed by atoms with van der Waals surface area (Å²) in [5, 5.41) is 0. The molecule has 3 rings (SSSR count). The summed E-state index contributed by atoms with van der Waals surface area (Å²) in [5.74, 6) is -3.46. The summed E-state index contributed by atoms with van der Waals surface area (Å²) in [6.07, 6.45) is 0.657. The summed E-state index contributed by atoms with van der Waals surface area (Å²) >= 11 is 0. The van der Waals surface area contributed by atoms with Crippen molar-refractivity contribution in [1.82, 2.24) is 0 Å². The minimum Gasteiger partial charge on any atom is -0.393 e. The Labute approximate surface area is 89.9 Å². The molecule has 0 aromatic carbocycles. The van der Waals surface area contributed by atoms with Gasteiger partial charge in [0.25, 0.3) is 0 Å². The summed E-state index contributed by atoms with van der Waals surface area (Å²) in [7, 11) is 0. The Morgan fingerprint density at radius 2 is 1.56 bits per heavy atom. The maximum absolute atomic E-state index is 11.4. The quantitative estimate of drug-likeness (QED) is 0.409. The number of carbonyl (C=O) groups excluding carboxylic acids is 4. The van der Waals surface area contributed by atoms with Crippen molar-refractivity contribution in [3.8, 4) is 0 Å². The molecule has 2 aliphatic heterocycles. The third kappa shape index (κ3) is 0.917. The molecule has 1 spiro atoms. The van der Waals surface area contributed by atoms with Gasteiger partial charge in [0, 0.05) is 0 Å². The molecule has 2 unspecified atom stereocenters. The van der Waals surface area contributed by atoms with Crippen LogP contribution in [0, 0.1) is 17.3 Å². The maximum atomic E-state index is 11.4. The number of rotatable bonds is 0. The van der Waals surface area contributed by atoms with E-state index < -0.39 is 41.1 Å². The van der Waals surface area contributed by atoms with E-state index in [2.05, 4.69) is 9.47 Å². The lowest BCUT2D eigenvalue weighted by Gasteiger charge is -2.41. The van der Waals surface area contributed by atoms with Crippen molar-refractivity contribution < 1.29 is 28.7 Å². The van der Waals surface area contributed by atoms with Gasteiger partial charge in [-0.05, 0) is 19.3 Å². The monoisotopic (exact) mass is 224 g/mol. The average molecular weight is 224 g/mol. The van der Waals surface area contributed by atoms with Crippen LogP contribution in [0.3, 0.4) is 0 Å². The Hall–Kier alpha value is -1.72. The molecular formula is C10H8O6. The van der Waals surface area contributed by atoms with Gasteiger partial charge in [0.15, 0.2) is 5.41 Å². The smallest absolute Gasteiger partial charge is 0.331 e. The van der Waals surface area contributed by atoms with E-state index in [9.17, 15) is 19.2 Å². The van der Waals surface area contributed by atoms with Gasteiger partial charge in [-0.3, -0.25) is 19.2 Å². The molecule has 6 nitrogen and oxygen atoms in total. The zero-order chi connectivity index (χ0) is 11.5. The molecule has 2 saturated heterocycles. The van der Waals surface area contributed by atoms with Gasteiger partial charge in [0.2, 0.25) is 0 Å². The van der Waals surface area contributed by atoms with Crippen LogP contribution in [0.5, 0.6) is 0 Å². The maximum Gasteiger partial charge on any atom is 0.331 e. The van der Waals surface area contributed by atoms with Crippen LogP contribution in [0.25, 0.3) is 0 Å². The van der Waals surface area contributed by atoms with Gasteiger partial charge in [-0.2, -0.15) is 0 Å². The van der Waals surface area contributed by atoms with Crippen molar-refractivity contribution in [1.29, 1.82) is 0 Å². The highest BCUT2D eigenvalue weighted by Gasteiger charge is 2.65. The first-order chi connectivity index (χ1) is 7.54. The van der Waals surface area contributed by atoms with Gasteiger partial charge in [-0.15, -0.1) is 0 Å². The fraction of sp³-hybridized carbons (Fsp3) is 0.600. The van der Waals surface area contributed by atoms with Crippen molar-refractivity contribution in [2.24, 2.45) is 17.3 Å². The minimum absolute atomic E-state index is 0.0555. The molecule has 2 heterocycles. The van der Waals surface area contributed by atoms with Crippen LogP contribution in [0.2, 0.25) is 0 Å². The van der Waals surface area contributed by atoms with Crippen LogP contribution in [0.15, 0.2) is 0 Å². The van der Waals surface area contributed by atoms with E-state index in [4.69, 9.17) is 0 Å². The van der Waals surface area contributed by atoms with E-state index >= 15 is 0 Å². The van der Waals surface area contributed by atoms with Crippen LogP contribution in [0.4, 0.5) is 0 Å². The zero-order valence-electron chi connectivity index (χ0n) is 8.23. The molecule has 0 aromatic rings. The van der Waals surface area contributed by atoms with Crippen LogP contribution in [0.1, 0.15) is 19.3 Å². The second kappa shape index (κ2) is 2.69. The van der Waals surface area contributed by atoms with Crippen molar-refractivity contribution in [2.75, 3.05) is 0 Å². The van der Waals surface area contributed by atoms with Crippen molar-refractivity contribution in [3.63, 3.8) is 0 Å². The first-order valence-electron chi connectivity index (χ1n) is 5.07. The Balaban J connectivity index is 1.91. The molecule has 0 N–H and O–H groups in total. The minimum atomic E-state index is -1.18. The van der Waals surface area contributed by atoms with Gasteiger partial charge in [-0.25, -0.2) is 0 Å². The highest BCUT2D eigenvalue weighted by atomic mass is 16.6. The molecule has 3 fully saturated rings. The van der Waals surface area contributed by atoms with E-state index in [-0.39, 0.29) is 12.8 Å². The Morgan fingerprint density at radius 1 is 0.938 bits per heavy atom. The van der Waals surface area contributed by atoms with Crippen LogP contribution in [-0.2, 0) is 28.7 Å². The standard InChI is InChI=1S/C10H8O6/c11-6-4-1-2-10(8(13)16-9(10)14)3-5(4)7(12)15-6/h4-5H,1-3H2. The molecule has 3 aliphatic rings. The zero-order valence-corrected chi connectivity index (χ0v) is 8.23. The van der Waals surface area contributed by atoms with E-state index in [1.165, 1.54) is 0 Å². The molecule has 1 saturated carbocycles. The third-order valence-electron chi connectivity index (χ3n) is 3.71. The Kier molecular flexibility index (Phi) is 1.60. The Morgan fingerprint density at radius 3 is 2.19 bits per heavy atom. The second-order valence-electron chi connectivity index (χ2n) is 4.46. The van der Waals surface area contributed by atoms with E-state index in [1.54, 1.807) is 0 Å². The normalized spacial score (nSPS) is 35.5. The van der Waals surface area contributed by atoms with E-state index in [0.29, 0.717) is 6.42 Å². The highest BCUT2D eigenvalue weighted by Crippen LogP contribution is 2.51. The molecule has 6 heteroatoms. The van der Waals surface area contributed by atoms with E-state index in [1.807, 2.05) is 0 Å². The van der Waals surface area contributed by atoms with Crippen LogP contribution in [-0.4, -0.2) is 23.9 Å². The third-order valence-corrected chi connectivity index (χ3v) is 3.71. The lowest BCUT2D eigenvalue weighted by Crippen LogP contribution is -2.57. The van der Waals surface area contributed by atoms with Crippen LogP contribution >= 0.6 is 0 Å². The molecule has 16 heavy (non-hydrogen) atoms. The van der Waals surface area contributed by atoms with Gasteiger partial charge in [0.1, 0.15) is 0 Å². The van der Waals surface area contributed by atoms with Gasteiger partial charge in [0.05, 0.1) is 11.8 Å². The lowest BCUT2D eigenvalue weighted by molar-refractivity contribution is -0.202. The molecule has 0 radical (unpaired) electrons. The molecule has 84 valence electrons. The number of hydrogen-bond acceptors (Lipinski definition) is 6. The highest BCUT2D eigenvalue weighted by molar-refractivity contribution is 6.14. The van der Waals surface area contributed by atoms with Crippen LogP contribution < -0.4 is 0 Å².